The first kappa shape index (κ1) is 16.8. The Morgan fingerprint density at radius 3 is 2.68 bits per heavy atom. The van der Waals surface area contributed by atoms with Crippen LogP contribution >= 0.6 is 11.3 Å². The average molecular weight is 324 g/mol. The lowest BCUT2D eigenvalue weighted by molar-refractivity contribution is 0.00993. The molecule has 0 saturated carbocycles. The van der Waals surface area contributed by atoms with E-state index in [4.69, 9.17) is 4.74 Å². The molecular weight excluding hydrogens is 300 g/mol. The molecule has 1 saturated heterocycles. The maximum Gasteiger partial charge on any atom is 0.410 e. The Balaban J connectivity index is 2.17. The molecule has 122 valence electrons. The summed E-state index contributed by atoms with van der Waals surface area (Å²) in [6.45, 7) is 6.32. The lowest BCUT2D eigenvalue weighted by atomic mass is 10.0. The van der Waals surface area contributed by atoms with Gasteiger partial charge in [0, 0.05) is 18.5 Å². The Kier molecular flexibility index (Phi) is 5.11. The van der Waals surface area contributed by atoms with Gasteiger partial charge in [-0.05, 0) is 52.2 Å². The van der Waals surface area contributed by atoms with E-state index < -0.39 is 5.60 Å². The lowest BCUT2D eigenvalue weighted by Gasteiger charge is -2.36. The molecule has 2 amide bonds. The van der Waals surface area contributed by atoms with Crippen molar-refractivity contribution in [2.45, 2.75) is 51.7 Å². The number of amides is 2. The van der Waals surface area contributed by atoms with Crippen molar-refractivity contribution >= 4 is 23.3 Å². The van der Waals surface area contributed by atoms with Crippen LogP contribution in [0.15, 0.2) is 12.1 Å². The second kappa shape index (κ2) is 6.69. The molecule has 0 aliphatic carbocycles. The van der Waals surface area contributed by atoms with Crippen LogP contribution in [0.2, 0.25) is 0 Å². The first-order valence-corrected chi connectivity index (χ1v) is 8.45. The fourth-order valence-corrected chi connectivity index (χ4v) is 3.65. The average Bonchev–Trinajstić information content (AvgIpc) is 2.94. The molecule has 1 aromatic heterocycles. The van der Waals surface area contributed by atoms with Gasteiger partial charge in [0.15, 0.2) is 0 Å². The third kappa shape index (κ3) is 4.00. The van der Waals surface area contributed by atoms with E-state index in [1.165, 1.54) is 11.3 Å². The van der Waals surface area contributed by atoms with Crippen LogP contribution in [-0.4, -0.2) is 36.1 Å². The number of nitrogens with one attached hydrogen (secondary N) is 1. The molecule has 1 atom stereocenters. The molecule has 0 unspecified atom stereocenters. The smallest absolute Gasteiger partial charge is 0.410 e. The van der Waals surface area contributed by atoms with E-state index in [2.05, 4.69) is 5.32 Å². The van der Waals surface area contributed by atoms with E-state index in [9.17, 15) is 9.59 Å². The monoisotopic (exact) mass is 324 g/mol. The van der Waals surface area contributed by atoms with Crippen LogP contribution in [0.3, 0.4) is 0 Å². The third-order valence-electron chi connectivity index (χ3n) is 3.54. The number of rotatable bonds is 2. The predicted octanol–water partition coefficient (Wildman–Crippen LogP) is 3.57. The molecule has 0 radical (unpaired) electrons. The van der Waals surface area contributed by atoms with E-state index in [0.717, 1.165) is 24.1 Å². The van der Waals surface area contributed by atoms with E-state index in [-0.39, 0.29) is 18.0 Å². The van der Waals surface area contributed by atoms with Crippen molar-refractivity contribution in [3.8, 4) is 0 Å². The molecule has 0 aromatic carbocycles. The molecule has 1 aromatic rings. The zero-order chi connectivity index (χ0) is 16.3. The van der Waals surface area contributed by atoms with Crippen LogP contribution in [0, 0.1) is 0 Å². The maximum atomic E-state index is 12.4. The third-order valence-corrected chi connectivity index (χ3v) is 4.72. The molecule has 1 aliphatic rings. The van der Waals surface area contributed by atoms with Gasteiger partial charge in [-0.15, -0.1) is 11.3 Å². The molecule has 2 heterocycles. The van der Waals surface area contributed by atoms with Gasteiger partial charge in [-0.1, -0.05) is 0 Å². The number of ether oxygens (including phenoxy) is 1. The van der Waals surface area contributed by atoms with Crippen LogP contribution in [0.5, 0.6) is 0 Å². The zero-order valence-electron chi connectivity index (χ0n) is 13.6. The van der Waals surface area contributed by atoms with Gasteiger partial charge in [-0.2, -0.15) is 0 Å². The SMILES string of the molecule is CNC(=O)c1ccc([C@@H]2CCCCN2C(=O)OC(C)(C)C)s1. The van der Waals surface area contributed by atoms with E-state index in [0.29, 0.717) is 11.4 Å². The van der Waals surface area contributed by atoms with Gasteiger partial charge >= 0.3 is 6.09 Å². The summed E-state index contributed by atoms with van der Waals surface area (Å²) in [6, 6.07) is 3.77. The highest BCUT2D eigenvalue weighted by atomic mass is 32.1. The summed E-state index contributed by atoms with van der Waals surface area (Å²) in [6.07, 6.45) is 2.71. The van der Waals surface area contributed by atoms with Crippen molar-refractivity contribution in [2.24, 2.45) is 0 Å². The second-order valence-electron chi connectivity index (χ2n) is 6.47. The van der Waals surface area contributed by atoms with Crippen molar-refractivity contribution in [3.05, 3.63) is 21.9 Å². The molecule has 2 rings (SSSR count). The molecule has 1 aliphatic heterocycles. The normalized spacial score (nSPS) is 18.9. The molecule has 1 N–H and O–H groups in total. The number of piperidine rings is 1. The summed E-state index contributed by atoms with van der Waals surface area (Å²) in [5.74, 6) is -0.0872. The number of nitrogens with zero attached hydrogens (tertiary/aromatic N) is 1. The topological polar surface area (TPSA) is 58.6 Å². The quantitative estimate of drug-likeness (QED) is 0.905. The Hall–Kier alpha value is -1.56. The van der Waals surface area contributed by atoms with Gasteiger partial charge in [0.1, 0.15) is 5.60 Å². The first-order valence-electron chi connectivity index (χ1n) is 7.63. The summed E-state index contributed by atoms with van der Waals surface area (Å²) >= 11 is 1.45. The minimum atomic E-state index is -0.498. The van der Waals surface area contributed by atoms with Crippen molar-refractivity contribution in [3.63, 3.8) is 0 Å². The summed E-state index contributed by atoms with van der Waals surface area (Å²) < 4.78 is 5.52. The number of hydrogen-bond donors (Lipinski definition) is 1. The fourth-order valence-electron chi connectivity index (χ4n) is 2.54. The first-order chi connectivity index (χ1) is 10.3. The highest BCUT2D eigenvalue weighted by Crippen LogP contribution is 2.35. The molecule has 0 bridgehead atoms. The van der Waals surface area contributed by atoms with Gasteiger partial charge in [-0.25, -0.2) is 4.79 Å². The standard InChI is InChI=1S/C16H24N2O3S/c1-16(2,3)21-15(20)18-10-6-5-7-11(18)12-8-9-13(22-12)14(19)17-4/h8-9,11H,5-7,10H2,1-4H3,(H,17,19)/t11-/m0/s1. The van der Waals surface area contributed by atoms with Gasteiger partial charge in [0.25, 0.3) is 5.91 Å². The number of likely N-dealkylation sites (tertiary alicyclic amines) is 1. The number of hydrogen-bond acceptors (Lipinski definition) is 4. The molecule has 6 heteroatoms. The van der Waals surface area contributed by atoms with Gasteiger partial charge in [0.2, 0.25) is 0 Å². The van der Waals surface area contributed by atoms with E-state index >= 15 is 0 Å². The van der Waals surface area contributed by atoms with Crippen LogP contribution in [-0.2, 0) is 4.74 Å². The Bertz CT molecular complexity index is 548. The summed E-state index contributed by atoms with van der Waals surface area (Å²) in [4.78, 5) is 27.6. The van der Waals surface area contributed by atoms with Crippen LogP contribution in [0.25, 0.3) is 0 Å². The Morgan fingerprint density at radius 2 is 2.05 bits per heavy atom. The largest absolute Gasteiger partial charge is 0.444 e. The van der Waals surface area contributed by atoms with Crippen LogP contribution in [0.1, 0.15) is 60.6 Å². The van der Waals surface area contributed by atoms with Crippen molar-refractivity contribution < 1.29 is 14.3 Å². The van der Waals surface area contributed by atoms with Crippen LogP contribution in [0.4, 0.5) is 4.79 Å². The van der Waals surface area contributed by atoms with Crippen molar-refractivity contribution in [1.82, 2.24) is 10.2 Å². The van der Waals surface area contributed by atoms with E-state index in [1.54, 1.807) is 11.9 Å². The number of carbonyl (C=O) groups is 2. The minimum Gasteiger partial charge on any atom is -0.444 e. The van der Waals surface area contributed by atoms with Crippen molar-refractivity contribution in [2.75, 3.05) is 13.6 Å². The van der Waals surface area contributed by atoms with Crippen molar-refractivity contribution in [1.29, 1.82) is 0 Å². The Morgan fingerprint density at radius 1 is 1.32 bits per heavy atom. The molecular formula is C16H24N2O3S. The predicted molar refractivity (Wildman–Crippen MR) is 87.2 cm³/mol. The fraction of sp³-hybridized carbons (Fsp3) is 0.625. The highest BCUT2D eigenvalue weighted by Gasteiger charge is 2.32. The second-order valence-corrected chi connectivity index (χ2v) is 7.58. The maximum absolute atomic E-state index is 12.4. The number of thiophene rings is 1. The summed E-state index contributed by atoms with van der Waals surface area (Å²) in [7, 11) is 1.62. The van der Waals surface area contributed by atoms with Gasteiger partial charge < -0.3 is 15.0 Å². The molecule has 22 heavy (non-hydrogen) atoms. The molecule has 5 nitrogen and oxygen atoms in total. The van der Waals surface area contributed by atoms with Gasteiger partial charge in [0.05, 0.1) is 10.9 Å². The minimum absolute atomic E-state index is 0.00649. The zero-order valence-corrected chi connectivity index (χ0v) is 14.5. The summed E-state index contributed by atoms with van der Waals surface area (Å²) in [5.41, 5.74) is -0.498. The number of carbonyl (C=O) groups excluding carboxylic acids is 2. The molecule has 1 fully saturated rings. The highest BCUT2D eigenvalue weighted by molar-refractivity contribution is 7.14. The summed E-state index contributed by atoms with van der Waals surface area (Å²) in [5, 5.41) is 2.63. The van der Waals surface area contributed by atoms with Gasteiger partial charge in [-0.3, -0.25) is 4.79 Å². The lowest BCUT2D eigenvalue weighted by Crippen LogP contribution is -2.41. The molecule has 0 spiro atoms. The Labute approximate surface area is 135 Å². The van der Waals surface area contributed by atoms with E-state index in [1.807, 2.05) is 32.9 Å². The van der Waals surface area contributed by atoms with Crippen LogP contribution < -0.4 is 5.32 Å².